The first kappa shape index (κ1) is 16.1. The van der Waals surface area contributed by atoms with Gasteiger partial charge in [0.2, 0.25) is 0 Å². The minimum Gasteiger partial charge on any atom is -0.497 e. The fraction of sp³-hybridized carbons (Fsp3) is 0.647. The molecule has 1 aromatic rings. The molecule has 1 saturated carbocycles. The Hall–Kier alpha value is -1.26. The molecule has 1 aromatic carbocycles. The molecule has 118 valence electrons. The summed E-state index contributed by atoms with van der Waals surface area (Å²) in [5.74, 6) is 1.46. The van der Waals surface area contributed by atoms with Crippen LogP contribution in [0.25, 0.3) is 0 Å². The Labute approximate surface area is 127 Å². The van der Waals surface area contributed by atoms with Crippen LogP contribution < -0.4 is 14.8 Å². The highest BCUT2D eigenvalue weighted by Gasteiger charge is 2.64. The standard InChI is InChI=1S/C17H27NO3/c1-16(2)15(17(16,3)4)18-10-12(19)11-21-14-8-6-7-13(9-14)20-5/h6-9,12,15,18-19H,10-11H2,1-5H3. The zero-order valence-electron chi connectivity index (χ0n) is 13.6. The lowest BCUT2D eigenvalue weighted by atomic mass is 10.0. The Morgan fingerprint density at radius 3 is 2.38 bits per heavy atom. The van der Waals surface area contributed by atoms with E-state index in [-0.39, 0.29) is 17.4 Å². The second-order valence-electron chi connectivity index (χ2n) is 6.93. The molecule has 0 spiro atoms. The maximum atomic E-state index is 10.0. The molecular formula is C17H27NO3. The van der Waals surface area contributed by atoms with Crippen molar-refractivity contribution in [3.05, 3.63) is 24.3 Å². The monoisotopic (exact) mass is 293 g/mol. The first-order valence-electron chi connectivity index (χ1n) is 7.47. The third kappa shape index (κ3) is 3.33. The molecule has 0 bridgehead atoms. The van der Waals surface area contributed by atoms with Gasteiger partial charge in [-0.05, 0) is 23.0 Å². The van der Waals surface area contributed by atoms with Crippen molar-refractivity contribution in [3.8, 4) is 11.5 Å². The van der Waals surface area contributed by atoms with Crippen molar-refractivity contribution in [3.63, 3.8) is 0 Å². The van der Waals surface area contributed by atoms with E-state index in [9.17, 15) is 5.11 Å². The number of rotatable bonds is 7. The minimum absolute atomic E-state index is 0.272. The first-order valence-corrected chi connectivity index (χ1v) is 7.47. The normalized spacial score (nSPS) is 20.9. The lowest BCUT2D eigenvalue weighted by molar-refractivity contribution is 0.105. The van der Waals surface area contributed by atoms with E-state index in [1.165, 1.54) is 0 Å². The summed E-state index contributed by atoms with van der Waals surface area (Å²) in [4.78, 5) is 0. The Morgan fingerprint density at radius 2 is 1.81 bits per heavy atom. The fourth-order valence-electron chi connectivity index (χ4n) is 2.90. The van der Waals surface area contributed by atoms with Gasteiger partial charge in [-0.1, -0.05) is 33.8 Å². The van der Waals surface area contributed by atoms with Gasteiger partial charge in [-0.2, -0.15) is 0 Å². The van der Waals surface area contributed by atoms with E-state index in [2.05, 4.69) is 33.0 Å². The summed E-state index contributed by atoms with van der Waals surface area (Å²) in [6.07, 6.45) is -0.525. The van der Waals surface area contributed by atoms with Crippen LogP contribution in [0.3, 0.4) is 0 Å². The second-order valence-corrected chi connectivity index (χ2v) is 6.93. The zero-order chi connectivity index (χ0) is 15.7. The van der Waals surface area contributed by atoms with Crippen molar-refractivity contribution in [1.82, 2.24) is 5.32 Å². The van der Waals surface area contributed by atoms with Gasteiger partial charge >= 0.3 is 0 Å². The van der Waals surface area contributed by atoms with Gasteiger partial charge < -0.3 is 19.9 Å². The van der Waals surface area contributed by atoms with E-state index in [0.717, 1.165) is 5.75 Å². The molecule has 2 rings (SSSR count). The summed E-state index contributed by atoms with van der Waals surface area (Å²) >= 11 is 0. The van der Waals surface area contributed by atoms with Gasteiger partial charge in [0.15, 0.2) is 0 Å². The smallest absolute Gasteiger partial charge is 0.123 e. The molecule has 1 atom stereocenters. The number of nitrogens with one attached hydrogen (secondary N) is 1. The molecule has 2 N–H and O–H groups in total. The van der Waals surface area contributed by atoms with Gasteiger partial charge in [-0.25, -0.2) is 0 Å². The molecule has 0 saturated heterocycles. The average Bonchev–Trinajstić information content (AvgIpc) is 2.84. The van der Waals surface area contributed by atoms with Crippen molar-refractivity contribution >= 4 is 0 Å². The molecule has 0 radical (unpaired) electrons. The van der Waals surface area contributed by atoms with Gasteiger partial charge in [0, 0.05) is 18.7 Å². The summed E-state index contributed by atoms with van der Waals surface area (Å²) < 4.78 is 10.7. The number of methoxy groups -OCH3 is 1. The van der Waals surface area contributed by atoms with Gasteiger partial charge in [-0.3, -0.25) is 0 Å². The van der Waals surface area contributed by atoms with Crippen LogP contribution in [-0.2, 0) is 0 Å². The summed E-state index contributed by atoms with van der Waals surface area (Å²) in [5, 5.41) is 13.5. The number of benzene rings is 1. The molecule has 0 aromatic heterocycles. The van der Waals surface area contributed by atoms with Crippen molar-refractivity contribution in [2.75, 3.05) is 20.3 Å². The van der Waals surface area contributed by atoms with Gasteiger partial charge in [0.25, 0.3) is 0 Å². The average molecular weight is 293 g/mol. The largest absolute Gasteiger partial charge is 0.497 e. The van der Waals surface area contributed by atoms with Crippen molar-refractivity contribution in [2.24, 2.45) is 10.8 Å². The van der Waals surface area contributed by atoms with Gasteiger partial charge in [-0.15, -0.1) is 0 Å². The minimum atomic E-state index is -0.525. The van der Waals surface area contributed by atoms with Crippen LogP contribution in [0.2, 0.25) is 0 Å². The van der Waals surface area contributed by atoms with E-state index in [0.29, 0.717) is 18.3 Å². The topological polar surface area (TPSA) is 50.7 Å². The van der Waals surface area contributed by atoms with E-state index >= 15 is 0 Å². The first-order chi connectivity index (χ1) is 9.79. The molecule has 21 heavy (non-hydrogen) atoms. The Kier molecular flexibility index (Phi) is 4.49. The predicted octanol–water partition coefficient (Wildman–Crippen LogP) is 2.46. The summed E-state index contributed by atoms with van der Waals surface area (Å²) in [6.45, 7) is 9.83. The number of ether oxygens (including phenoxy) is 2. The van der Waals surface area contributed by atoms with Crippen LogP contribution in [-0.4, -0.2) is 37.5 Å². The van der Waals surface area contributed by atoms with Crippen molar-refractivity contribution in [2.45, 2.75) is 39.8 Å². The lowest BCUT2D eigenvalue weighted by Crippen LogP contribution is -2.34. The molecule has 1 aliphatic rings. The Bertz CT molecular complexity index is 471. The molecule has 0 aliphatic heterocycles. The van der Waals surface area contributed by atoms with Crippen LogP contribution in [0.15, 0.2) is 24.3 Å². The molecule has 1 fully saturated rings. The summed E-state index contributed by atoms with van der Waals surface area (Å²) in [5.41, 5.74) is 0.556. The third-order valence-corrected chi connectivity index (χ3v) is 5.06. The van der Waals surface area contributed by atoms with E-state index < -0.39 is 6.10 Å². The third-order valence-electron chi connectivity index (χ3n) is 5.06. The van der Waals surface area contributed by atoms with Crippen LogP contribution in [0, 0.1) is 10.8 Å². The number of aliphatic hydroxyl groups is 1. The Morgan fingerprint density at radius 1 is 1.19 bits per heavy atom. The predicted molar refractivity (Wildman–Crippen MR) is 83.8 cm³/mol. The summed E-state index contributed by atoms with van der Waals surface area (Å²) in [6, 6.07) is 7.84. The van der Waals surface area contributed by atoms with Crippen molar-refractivity contribution < 1.29 is 14.6 Å². The maximum Gasteiger partial charge on any atom is 0.123 e. The molecule has 1 unspecified atom stereocenters. The molecule has 0 heterocycles. The van der Waals surface area contributed by atoms with E-state index in [4.69, 9.17) is 9.47 Å². The summed E-state index contributed by atoms with van der Waals surface area (Å²) in [7, 11) is 1.62. The number of hydrogen-bond donors (Lipinski definition) is 2. The second kappa shape index (κ2) is 5.85. The molecule has 0 amide bonds. The molecule has 1 aliphatic carbocycles. The highest BCUT2D eigenvalue weighted by atomic mass is 16.5. The van der Waals surface area contributed by atoms with E-state index in [1.54, 1.807) is 7.11 Å². The molecule has 4 nitrogen and oxygen atoms in total. The molecular weight excluding hydrogens is 266 g/mol. The number of hydrogen-bond acceptors (Lipinski definition) is 4. The maximum absolute atomic E-state index is 10.0. The SMILES string of the molecule is COc1cccc(OCC(O)CNC2C(C)(C)C2(C)C)c1. The quantitative estimate of drug-likeness (QED) is 0.811. The lowest BCUT2D eigenvalue weighted by Gasteiger charge is -2.14. The van der Waals surface area contributed by atoms with E-state index in [1.807, 2.05) is 24.3 Å². The molecule has 4 heteroatoms. The van der Waals surface area contributed by atoms with Gasteiger partial charge in [0.1, 0.15) is 24.2 Å². The van der Waals surface area contributed by atoms with Crippen molar-refractivity contribution in [1.29, 1.82) is 0 Å². The van der Waals surface area contributed by atoms with Crippen LogP contribution in [0.5, 0.6) is 11.5 Å². The zero-order valence-corrected chi connectivity index (χ0v) is 13.6. The van der Waals surface area contributed by atoms with Crippen LogP contribution in [0.1, 0.15) is 27.7 Å². The van der Waals surface area contributed by atoms with Crippen LogP contribution >= 0.6 is 0 Å². The number of aliphatic hydroxyl groups excluding tert-OH is 1. The highest BCUT2D eigenvalue weighted by Crippen LogP contribution is 2.62. The fourth-order valence-corrected chi connectivity index (χ4v) is 2.90. The van der Waals surface area contributed by atoms with Crippen LogP contribution in [0.4, 0.5) is 0 Å². The Balaban J connectivity index is 1.74. The van der Waals surface area contributed by atoms with Gasteiger partial charge in [0.05, 0.1) is 7.11 Å². The highest BCUT2D eigenvalue weighted by molar-refractivity contribution is 5.32.